The highest BCUT2D eigenvalue weighted by Gasteiger charge is 2.36. The molecule has 21 heavy (non-hydrogen) atoms. The van der Waals surface area contributed by atoms with Gasteiger partial charge in [0.2, 0.25) is 0 Å². The van der Waals surface area contributed by atoms with Crippen LogP contribution >= 0.6 is 11.8 Å². The zero-order valence-electron chi connectivity index (χ0n) is 11.7. The van der Waals surface area contributed by atoms with Gasteiger partial charge in [-0.25, -0.2) is 9.97 Å². The van der Waals surface area contributed by atoms with E-state index in [-0.39, 0.29) is 6.61 Å². The average Bonchev–Trinajstić information content (AvgIpc) is 3.10. The highest BCUT2D eigenvalue weighted by atomic mass is 32.2. The molecule has 0 spiro atoms. The molecular formula is C12H17N5O3S. The van der Waals surface area contributed by atoms with E-state index in [1.54, 1.807) is 13.4 Å². The van der Waals surface area contributed by atoms with Gasteiger partial charge in [0, 0.05) is 13.5 Å². The van der Waals surface area contributed by atoms with Crippen molar-refractivity contribution < 1.29 is 14.9 Å². The number of nitrogens with one attached hydrogen (secondary N) is 1. The van der Waals surface area contributed by atoms with Crippen molar-refractivity contribution in [3.05, 3.63) is 11.8 Å². The lowest BCUT2D eigenvalue weighted by molar-refractivity contribution is -0.0488. The Morgan fingerprint density at radius 3 is 3.05 bits per heavy atom. The third-order valence-corrected chi connectivity index (χ3v) is 4.20. The molecule has 3 atom stereocenters. The number of H-pyrrole nitrogens is 1. The predicted octanol–water partition coefficient (Wildman–Crippen LogP) is -0.348. The van der Waals surface area contributed by atoms with Crippen molar-refractivity contribution in [3.8, 4) is 0 Å². The summed E-state index contributed by atoms with van der Waals surface area (Å²) < 4.78 is 7.57. The molecule has 1 fully saturated rings. The summed E-state index contributed by atoms with van der Waals surface area (Å²) in [5.41, 5.74) is 1.98. The number of aromatic amines is 1. The van der Waals surface area contributed by atoms with Crippen LogP contribution in [-0.4, -0.2) is 61.9 Å². The molecule has 9 heteroatoms. The number of hydrogen-bond acceptors (Lipinski definition) is 7. The first kappa shape index (κ1) is 14.5. The standard InChI is InChI=1S/C12H17N5O3S/c1-13-11-9-10(15-5-14-9)16-12(21-2)17(11)8-3-6(19)7(4-18)20-8/h5-8,18-19H,3-4H2,1-2H3,(H,14,15)/t6-,7+,8?/m0/s1. The second kappa shape index (κ2) is 5.76. The molecule has 0 amide bonds. The number of nitrogens with zero attached hydrogens (tertiary/aromatic N) is 4. The second-order valence-corrected chi connectivity index (χ2v) is 5.51. The molecule has 1 aliphatic heterocycles. The predicted molar refractivity (Wildman–Crippen MR) is 76.8 cm³/mol. The van der Waals surface area contributed by atoms with Gasteiger partial charge in [0.25, 0.3) is 0 Å². The first-order chi connectivity index (χ1) is 10.2. The lowest BCUT2D eigenvalue weighted by Crippen LogP contribution is -2.29. The molecule has 3 N–H and O–H groups in total. The molecule has 0 aliphatic carbocycles. The highest BCUT2D eigenvalue weighted by Crippen LogP contribution is 2.30. The van der Waals surface area contributed by atoms with Crippen LogP contribution in [0, 0.1) is 0 Å². The van der Waals surface area contributed by atoms with Gasteiger partial charge in [0.05, 0.1) is 19.0 Å². The third kappa shape index (κ3) is 2.35. The molecule has 0 bridgehead atoms. The van der Waals surface area contributed by atoms with Gasteiger partial charge in [0.15, 0.2) is 16.3 Å². The molecule has 8 nitrogen and oxygen atoms in total. The van der Waals surface area contributed by atoms with Gasteiger partial charge < -0.3 is 19.9 Å². The van der Waals surface area contributed by atoms with Crippen LogP contribution in [0.15, 0.2) is 16.5 Å². The molecule has 2 aromatic rings. The number of hydrogen-bond donors (Lipinski definition) is 3. The summed E-state index contributed by atoms with van der Waals surface area (Å²) in [5.74, 6) is 0. The molecule has 2 aromatic heterocycles. The van der Waals surface area contributed by atoms with Gasteiger partial charge in [-0.3, -0.25) is 9.56 Å². The fourth-order valence-electron chi connectivity index (χ4n) is 2.55. The van der Waals surface area contributed by atoms with E-state index in [1.807, 2.05) is 10.8 Å². The Labute approximate surface area is 124 Å². The molecule has 1 unspecified atom stereocenters. The summed E-state index contributed by atoms with van der Waals surface area (Å²) in [5, 5.41) is 19.9. The van der Waals surface area contributed by atoms with E-state index in [4.69, 9.17) is 4.74 Å². The lowest BCUT2D eigenvalue weighted by atomic mass is 10.2. The van der Waals surface area contributed by atoms with E-state index in [9.17, 15) is 10.2 Å². The summed E-state index contributed by atoms with van der Waals surface area (Å²) in [6, 6.07) is 0. The molecule has 1 saturated heterocycles. The van der Waals surface area contributed by atoms with Crippen LogP contribution in [0.2, 0.25) is 0 Å². The first-order valence-corrected chi connectivity index (χ1v) is 7.78. The van der Waals surface area contributed by atoms with Crippen molar-refractivity contribution in [2.75, 3.05) is 19.9 Å². The maximum Gasteiger partial charge on any atom is 0.183 e. The summed E-state index contributed by atoms with van der Waals surface area (Å²) in [4.78, 5) is 16.0. The van der Waals surface area contributed by atoms with Gasteiger partial charge >= 0.3 is 0 Å². The molecule has 0 radical (unpaired) electrons. The monoisotopic (exact) mass is 311 g/mol. The van der Waals surface area contributed by atoms with Crippen molar-refractivity contribution in [2.24, 2.45) is 4.99 Å². The summed E-state index contributed by atoms with van der Waals surface area (Å²) in [7, 11) is 1.69. The highest BCUT2D eigenvalue weighted by molar-refractivity contribution is 7.98. The van der Waals surface area contributed by atoms with E-state index in [0.29, 0.717) is 22.7 Å². The topological polar surface area (TPSA) is 109 Å². The molecule has 3 heterocycles. The average molecular weight is 311 g/mol. The number of thioether (sulfide) groups is 1. The van der Waals surface area contributed by atoms with Crippen LogP contribution in [0.1, 0.15) is 12.6 Å². The van der Waals surface area contributed by atoms with Crippen molar-refractivity contribution in [2.45, 2.75) is 30.0 Å². The van der Waals surface area contributed by atoms with Crippen LogP contribution in [0.25, 0.3) is 11.2 Å². The number of fused-ring (bicyclic) bond motifs is 1. The summed E-state index contributed by atoms with van der Waals surface area (Å²) >= 11 is 1.45. The Bertz CT molecular complexity index is 712. The molecular weight excluding hydrogens is 294 g/mol. The Morgan fingerprint density at radius 2 is 2.43 bits per heavy atom. The van der Waals surface area contributed by atoms with Crippen molar-refractivity contribution >= 4 is 22.9 Å². The minimum Gasteiger partial charge on any atom is -0.394 e. The van der Waals surface area contributed by atoms with Crippen molar-refractivity contribution in [1.29, 1.82) is 0 Å². The zero-order chi connectivity index (χ0) is 15.0. The van der Waals surface area contributed by atoms with Gasteiger partial charge in [-0.2, -0.15) is 0 Å². The lowest BCUT2D eigenvalue weighted by Gasteiger charge is -2.19. The van der Waals surface area contributed by atoms with Crippen LogP contribution < -0.4 is 5.49 Å². The third-order valence-electron chi connectivity index (χ3n) is 3.55. The van der Waals surface area contributed by atoms with Crippen LogP contribution in [-0.2, 0) is 4.74 Å². The number of aliphatic hydroxyl groups excluding tert-OH is 2. The van der Waals surface area contributed by atoms with E-state index < -0.39 is 18.4 Å². The maximum absolute atomic E-state index is 9.94. The Hall–Kier alpha value is -1.42. The summed E-state index contributed by atoms with van der Waals surface area (Å²) in [6.45, 7) is -0.217. The maximum atomic E-state index is 9.94. The molecule has 0 saturated carbocycles. The van der Waals surface area contributed by atoms with Crippen molar-refractivity contribution in [3.63, 3.8) is 0 Å². The van der Waals surface area contributed by atoms with Crippen LogP contribution in [0.3, 0.4) is 0 Å². The van der Waals surface area contributed by atoms with Gasteiger partial charge in [-0.15, -0.1) is 0 Å². The quantitative estimate of drug-likeness (QED) is 0.528. The van der Waals surface area contributed by atoms with Crippen LogP contribution in [0.5, 0.6) is 0 Å². The number of aromatic nitrogens is 4. The smallest absolute Gasteiger partial charge is 0.183 e. The molecule has 114 valence electrons. The Kier molecular flexibility index (Phi) is 3.98. The molecule has 0 aromatic carbocycles. The minimum atomic E-state index is -0.704. The SMILES string of the molecule is CN=c1c2[nH]cnc2nc(SC)n1C1C[C@H](O)[C@@H](CO)O1. The Balaban J connectivity index is 2.17. The number of ether oxygens (including phenoxy) is 1. The zero-order valence-corrected chi connectivity index (χ0v) is 12.5. The van der Waals surface area contributed by atoms with E-state index >= 15 is 0 Å². The minimum absolute atomic E-state index is 0.217. The molecule has 3 rings (SSSR count). The largest absolute Gasteiger partial charge is 0.394 e. The number of imidazole rings is 1. The molecule has 1 aliphatic rings. The second-order valence-electron chi connectivity index (χ2n) is 4.73. The summed E-state index contributed by atoms with van der Waals surface area (Å²) in [6.07, 6.45) is 2.16. The van der Waals surface area contributed by atoms with Crippen molar-refractivity contribution in [1.82, 2.24) is 19.5 Å². The first-order valence-electron chi connectivity index (χ1n) is 6.56. The van der Waals surface area contributed by atoms with E-state index in [2.05, 4.69) is 19.9 Å². The van der Waals surface area contributed by atoms with E-state index in [1.165, 1.54) is 11.8 Å². The van der Waals surface area contributed by atoms with Gasteiger partial charge in [-0.1, -0.05) is 11.8 Å². The van der Waals surface area contributed by atoms with Gasteiger partial charge in [-0.05, 0) is 6.26 Å². The fourth-order valence-corrected chi connectivity index (χ4v) is 3.13. The van der Waals surface area contributed by atoms with Gasteiger partial charge in [0.1, 0.15) is 17.8 Å². The van der Waals surface area contributed by atoms with Crippen LogP contribution in [0.4, 0.5) is 0 Å². The Morgan fingerprint density at radius 1 is 1.62 bits per heavy atom. The number of aliphatic hydroxyl groups is 2. The van der Waals surface area contributed by atoms with E-state index in [0.717, 1.165) is 5.52 Å². The normalized spacial score (nSPS) is 26.9. The number of rotatable bonds is 3. The fraction of sp³-hybridized carbons (Fsp3) is 0.583.